The van der Waals surface area contributed by atoms with Crippen molar-refractivity contribution in [2.45, 2.75) is 12.8 Å². The van der Waals surface area contributed by atoms with E-state index >= 15 is 0 Å². The predicted octanol–water partition coefficient (Wildman–Crippen LogP) is -0.216. The van der Waals surface area contributed by atoms with Gasteiger partial charge in [-0.2, -0.15) is 0 Å². The summed E-state index contributed by atoms with van der Waals surface area (Å²) in [5.74, 6) is 0.185. The van der Waals surface area contributed by atoms with Gasteiger partial charge in [-0.1, -0.05) is 5.16 Å². The Morgan fingerprint density at radius 1 is 1.71 bits per heavy atom. The third-order valence-electron chi connectivity index (χ3n) is 2.46. The van der Waals surface area contributed by atoms with E-state index in [1.54, 1.807) is 11.9 Å². The Kier molecular flexibility index (Phi) is 3.55. The number of urea groups is 1. The Morgan fingerprint density at radius 2 is 2.43 bits per heavy atom. The number of piperidine rings is 1. The van der Waals surface area contributed by atoms with Crippen LogP contribution in [0.3, 0.4) is 0 Å². The first-order chi connectivity index (χ1) is 6.69. The second kappa shape index (κ2) is 4.69. The molecule has 1 saturated heterocycles. The van der Waals surface area contributed by atoms with E-state index in [9.17, 15) is 4.79 Å². The predicted molar refractivity (Wildman–Crippen MR) is 52.2 cm³/mol. The van der Waals surface area contributed by atoms with Gasteiger partial charge < -0.3 is 21.2 Å². The van der Waals surface area contributed by atoms with E-state index in [1.807, 2.05) is 0 Å². The quantitative estimate of drug-likeness (QED) is 0.236. The molecule has 4 N–H and O–H groups in total. The molecule has 0 bridgehead atoms. The van der Waals surface area contributed by atoms with Crippen LogP contribution in [0.4, 0.5) is 4.79 Å². The van der Waals surface area contributed by atoms with E-state index in [2.05, 4.69) is 10.5 Å². The van der Waals surface area contributed by atoms with Crippen molar-refractivity contribution >= 4 is 11.9 Å². The highest BCUT2D eigenvalue weighted by molar-refractivity contribution is 5.83. The average Bonchev–Trinajstić information content (AvgIpc) is 2.27. The van der Waals surface area contributed by atoms with Gasteiger partial charge in [0.05, 0.1) is 0 Å². The smallest absolute Gasteiger partial charge is 0.317 e. The van der Waals surface area contributed by atoms with Crippen LogP contribution in [-0.2, 0) is 0 Å². The highest BCUT2D eigenvalue weighted by Crippen LogP contribution is 2.16. The summed E-state index contributed by atoms with van der Waals surface area (Å²) in [6.07, 6.45) is 1.75. The van der Waals surface area contributed by atoms with Gasteiger partial charge in [0.15, 0.2) is 0 Å². The SMILES string of the molecule is CNC(=O)N1CCCC(C(N)=NO)C1. The number of rotatable bonds is 1. The van der Waals surface area contributed by atoms with Crippen LogP contribution in [0.5, 0.6) is 0 Å². The van der Waals surface area contributed by atoms with E-state index in [0.717, 1.165) is 19.4 Å². The van der Waals surface area contributed by atoms with E-state index in [-0.39, 0.29) is 17.8 Å². The second-order valence-electron chi connectivity index (χ2n) is 3.37. The molecular formula is C8H16N4O2. The summed E-state index contributed by atoms with van der Waals surface area (Å²) in [5, 5.41) is 14.0. The van der Waals surface area contributed by atoms with Crippen LogP contribution < -0.4 is 11.1 Å². The zero-order valence-electron chi connectivity index (χ0n) is 8.23. The molecule has 14 heavy (non-hydrogen) atoms. The fourth-order valence-corrected chi connectivity index (χ4v) is 1.64. The Balaban J connectivity index is 2.56. The molecular weight excluding hydrogens is 184 g/mol. The van der Waals surface area contributed by atoms with Gasteiger partial charge in [0.1, 0.15) is 5.84 Å². The first kappa shape index (κ1) is 10.6. The number of nitrogens with two attached hydrogens (primary N) is 1. The largest absolute Gasteiger partial charge is 0.409 e. The van der Waals surface area contributed by atoms with Crippen molar-refractivity contribution in [3.63, 3.8) is 0 Å². The third kappa shape index (κ3) is 2.27. The zero-order valence-corrected chi connectivity index (χ0v) is 8.23. The molecule has 0 aromatic heterocycles. The van der Waals surface area contributed by atoms with E-state index in [4.69, 9.17) is 10.9 Å². The molecule has 2 amide bonds. The van der Waals surface area contributed by atoms with Crippen LogP contribution in [0.2, 0.25) is 0 Å². The van der Waals surface area contributed by atoms with Gasteiger partial charge in [-0.15, -0.1) is 0 Å². The average molecular weight is 200 g/mol. The van der Waals surface area contributed by atoms with Crippen molar-refractivity contribution in [2.75, 3.05) is 20.1 Å². The molecule has 80 valence electrons. The van der Waals surface area contributed by atoms with Gasteiger partial charge in [-0.3, -0.25) is 0 Å². The number of likely N-dealkylation sites (tertiary alicyclic amines) is 1. The summed E-state index contributed by atoms with van der Waals surface area (Å²) >= 11 is 0. The number of oxime groups is 1. The molecule has 1 rings (SSSR count). The van der Waals surface area contributed by atoms with E-state index in [1.165, 1.54) is 0 Å². The van der Waals surface area contributed by atoms with Crippen molar-refractivity contribution in [3.05, 3.63) is 0 Å². The van der Waals surface area contributed by atoms with Crippen LogP contribution in [-0.4, -0.2) is 42.1 Å². The van der Waals surface area contributed by atoms with Gasteiger partial charge in [0, 0.05) is 26.1 Å². The number of carbonyl (C=O) groups is 1. The molecule has 0 aromatic rings. The molecule has 0 aliphatic carbocycles. The molecule has 6 nitrogen and oxygen atoms in total. The van der Waals surface area contributed by atoms with Gasteiger partial charge >= 0.3 is 6.03 Å². The van der Waals surface area contributed by atoms with Crippen molar-refractivity contribution < 1.29 is 10.0 Å². The molecule has 6 heteroatoms. The van der Waals surface area contributed by atoms with Gasteiger partial charge in [-0.05, 0) is 12.8 Å². The molecule has 1 heterocycles. The normalized spacial score (nSPS) is 23.4. The number of hydrogen-bond donors (Lipinski definition) is 3. The maximum Gasteiger partial charge on any atom is 0.317 e. The number of amides is 2. The highest BCUT2D eigenvalue weighted by atomic mass is 16.4. The maximum absolute atomic E-state index is 11.3. The standard InChI is InChI=1S/C8H16N4O2/c1-10-8(13)12-4-2-3-6(5-12)7(9)11-14/h6,14H,2-5H2,1H3,(H2,9,11)(H,10,13). The summed E-state index contributed by atoms with van der Waals surface area (Å²) in [7, 11) is 1.59. The molecule has 0 spiro atoms. The Hall–Kier alpha value is -1.46. The lowest BCUT2D eigenvalue weighted by molar-refractivity contribution is 0.179. The van der Waals surface area contributed by atoms with E-state index in [0.29, 0.717) is 6.54 Å². The monoisotopic (exact) mass is 200 g/mol. The Bertz CT molecular complexity index is 241. The van der Waals surface area contributed by atoms with Crippen molar-refractivity contribution in [3.8, 4) is 0 Å². The molecule has 0 aromatic carbocycles. The third-order valence-corrected chi connectivity index (χ3v) is 2.46. The van der Waals surface area contributed by atoms with Crippen molar-refractivity contribution in [2.24, 2.45) is 16.8 Å². The van der Waals surface area contributed by atoms with Crippen molar-refractivity contribution in [1.29, 1.82) is 0 Å². The molecule has 0 saturated carbocycles. The van der Waals surface area contributed by atoms with Crippen LogP contribution in [0.1, 0.15) is 12.8 Å². The molecule has 0 radical (unpaired) electrons. The fourth-order valence-electron chi connectivity index (χ4n) is 1.64. The topological polar surface area (TPSA) is 91.0 Å². The lowest BCUT2D eigenvalue weighted by Gasteiger charge is -2.31. The lowest BCUT2D eigenvalue weighted by Crippen LogP contribution is -2.47. The molecule has 1 unspecified atom stereocenters. The zero-order chi connectivity index (χ0) is 10.6. The van der Waals surface area contributed by atoms with Crippen LogP contribution in [0, 0.1) is 5.92 Å². The van der Waals surface area contributed by atoms with Crippen LogP contribution in [0.25, 0.3) is 0 Å². The van der Waals surface area contributed by atoms with Crippen LogP contribution >= 0.6 is 0 Å². The number of carbonyl (C=O) groups excluding carboxylic acids is 1. The number of nitrogens with one attached hydrogen (secondary N) is 1. The minimum absolute atomic E-state index is 0.0222. The van der Waals surface area contributed by atoms with Gasteiger partial charge in [0.2, 0.25) is 0 Å². The highest BCUT2D eigenvalue weighted by Gasteiger charge is 2.25. The maximum atomic E-state index is 11.3. The summed E-state index contributed by atoms with van der Waals surface area (Å²) in [6.45, 7) is 1.25. The van der Waals surface area contributed by atoms with Crippen molar-refractivity contribution in [1.82, 2.24) is 10.2 Å². The summed E-state index contributed by atoms with van der Waals surface area (Å²) < 4.78 is 0. The summed E-state index contributed by atoms with van der Waals surface area (Å²) in [4.78, 5) is 13.0. The molecule has 1 aliphatic heterocycles. The second-order valence-corrected chi connectivity index (χ2v) is 3.37. The fraction of sp³-hybridized carbons (Fsp3) is 0.750. The number of hydrogen-bond acceptors (Lipinski definition) is 3. The van der Waals surface area contributed by atoms with Crippen LogP contribution in [0.15, 0.2) is 5.16 Å². The Labute approximate surface area is 82.7 Å². The Morgan fingerprint density at radius 3 is 3.00 bits per heavy atom. The minimum atomic E-state index is -0.111. The van der Waals surface area contributed by atoms with E-state index < -0.39 is 0 Å². The number of amidine groups is 1. The summed E-state index contributed by atoms with van der Waals surface area (Å²) in [5.41, 5.74) is 5.49. The molecule has 1 aliphatic rings. The lowest BCUT2D eigenvalue weighted by atomic mass is 9.97. The number of nitrogens with zero attached hydrogens (tertiary/aromatic N) is 2. The molecule has 1 atom stereocenters. The minimum Gasteiger partial charge on any atom is -0.409 e. The first-order valence-corrected chi connectivity index (χ1v) is 4.63. The molecule has 1 fully saturated rings. The summed E-state index contributed by atoms with van der Waals surface area (Å²) in [6, 6.07) is -0.111. The van der Waals surface area contributed by atoms with Gasteiger partial charge in [0.25, 0.3) is 0 Å². The van der Waals surface area contributed by atoms with Gasteiger partial charge in [-0.25, -0.2) is 4.79 Å². The first-order valence-electron chi connectivity index (χ1n) is 4.63.